The van der Waals surface area contributed by atoms with Crippen molar-refractivity contribution in [3.8, 4) is 16.9 Å². The maximum absolute atomic E-state index is 13.4. The monoisotopic (exact) mass is 447 g/mol. The smallest absolute Gasteiger partial charge is 0.251 e. The number of likely N-dealkylation sites (N-methyl/N-ethyl adjacent to an activating group) is 1. The van der Waals surface area contributed by atoms with Gasteiger partial charge in [-0.15, -0.1) is 0 Å². The van der Waals surface area contributed by atoms with Crippen molar-refractivity contribution in [2.24, 2.45) is 5.73 Å². The number of nitrogens with two attached hydrogens (primary N) is 1. The normalized spacial score (nSPS) is 16.4. The van der Waals surface area contributed by atoms with Crippen LogP contribution in [0.3, 0.4) is 0 Å². The summed E-state index contributed by atoms with van der Waals surface area (Å²) in [6.07, 6.45) is -0.577. The van der Waals surface area contributed by atoms with Gasteiger partial charge in [-0.3, -0.25) is 14.4 Å². The number of carbonyl (C=O) groups is 3. The minimum atomic E-state index is -0.620. The van der Waals surface area contributed by atoms with Gasteiger partial charge in [0.15, 0.2) is 0 Å². The number of nitrogens with one attached hydrogen (secondary N) is 2. The molecule has 168 valence electrons. The number of hydrogen-bond donors (Lipinski definition) is 3. The van der Waals surface area contributed by atoms with Gasteiger partial charge in [0.25, 0.3) is 5.91 Å². The van der Waals surface area contributed by atoms with Crippen LogP contribution in [0.5, 0.6) is 5.75 Å². The lowest BCUT2D eigenvalue weighted by Crippen LogP contribution is -2.33. The second kappa shape index (κ2) is 9.12. The van der Waals surface area contributed by atoms with Crippen LogP contribution in [0.25, 0.3) is 11.1 Å². The topological polar surface area (TPSA) is 111 Å². The van der Waals surface area contributed by atoms with Gasteiger partial charge in [-0.25, -0.2) is 4.39 Å². The van der Waals surface area contributed by atoms with E-state index in [1.165, 1.54) is 12.1 Å². The van der Waals surface area contributed by atoms with Crippen molar-refractivity contribution in [1.29, 1.82) is 0 Å². The highest BCUT2D eigenvalue weighted by Gasteiger charge is 2.40. The van der Waals surface area contributed by atoms with E-state index in [2.05, 4.69) is 10.6 Å². The molecule has 0 fully saturated rings. The summed E-state index contributed by atoms with van der Waals surface area (Å²) in [5.74, 6) is -1.60. The molecule has 1 heterocycles. The Morgan fingerprint density at radius 3 is 2.27 bits per heavy atom. The molecule has 2 unspecified atom stereocenters. The van der Waals surface area contributed by atoms with E-state index >= 15 is 0 Å². The Hall–Kier alpha value is -4.20. The molecule has 0 bridgehead atoms. The zero-order chi connectivity index (χ0) is 23.5. The van der Waals surface area contributed by atoms with Crippen molar-refractivity contribution in [1.82, 2.24) is 10.6 Å². The molecule has 7 nitrogen and oxygen atoms in total. The van der Waals surface area contributed by atoms with Crippen molar-refractivity contribution < 1.29 is 23.5 Å². The fourth-order valence-electron chi connectivity index (χ4n) is 3.88. The van der Waals surface area contributed by atoms with Gasteiger partial charge in [0.2, 0.25) is 11.8 Å². The van der Waals surface area contributed by atoms with Crippen LogP contribution in [0.2, 0.25) is 0 Å². The van der Waals surface area contributed by atoms with Crippen LogP contribution in [-0.2, 0) is 9.59 Å². The highest BCUT2D eigenvalue weighted by molar-refractivity contribution is 5.96. The number of ether oxygens (including phenoxy) is 1. The average Bonchev–Trinajstić information content (AvgIpc) is 3.21. The van der Waals surface area contributed by atoms with E-state index in [4.69, 9.17) is 10.5 Å². The molecule has 3 aromatic carbocycles. The lowest BCUT2D eigenvalue weighted by Gasteiger charge is -2.18. The molecule has 0 saturated heterocycles. The van der Waals surface area contributed by atoms with Gasteiger partial charge in [-0.05, 0) is 53.1 Å². The lowest BCUT2D eigenvalue weighted by molar-refractivity contribution is -0.123. The summed E-state index contributed by atoms with van der Waals surface area (Å²) in [4.78, 5) is 35.7. The molecule has 3 amide bonds. The Morgan fingerprint density at radius 1 is 0.970 bits per heavy atom. The van der Waals surface area contributed by atoms with Crippen LogP contribution in [0.4, 0.5) is 4.39 Å². The van der Waals surface area contributed by atoms with Crippen molar-refractivity contribution in [2.45, 2.75) is 12.0 Å². The van der Waals surface area contributed by atoms with Gasteiger partial charge in [0.05, 0.1) is 6.54 Å². The predicted molar refractivity (Wildman–Crippen MR) is 120 cm³/mol. The largest absolute Gasteiger partial charge is 0.484 e. The molecule has 2 atom stereocenters. The van der Waals surface area contributed by atoms with E-state index < -0.39 is 23.8 Å². The van der Waals surface area contributed by atoms with Crippen molar-refractivity contribution >= 4 is 17.7 Å². The summed E-state index contributed by atoms with van der Waals surface area (Å²) in [7, 11) is 1.56. The molecule has 4 N–H and O–H groups in total. The Bertz CT molecular complexity index is 1210. The van der Waals surface area contributed by atoms with Gasteiger partial charge in [0.1, 0.15) is 23.6 Å². The van der Waals surface area contributed by atoms with Gasteiger partial charge in [-0.1, -0.05) is 30.3 Å². The van der Waals surface area contributed by atoms with Crippen LogP contribution < -0.4 is 21.1 Å². The number of amides is 3. The number of halogens is 1. The molecule has 8 heteroatoms. The lowest BCUT2D eigenvalue weighted by atomic mass is 9.88. The molecule has 0 saturated carbocycles. The first-order chi connectivity index (χ1) is 15.9. The van der Waals surface area contributed by atoms with Crippen LogP contribution in [0.1, 0.15) is 33.5 Å². The summed E-state index contributed by atoms with van der Waals surface area (Å²) >= 11 is 0. The molecule has 1 aliphatic rings. The van der Waals surface area contributed by atoms with E-state index in [1.807, 2.05) is 12.1 Å². The summed E-state index contributed by atoms with van der Waals surface area (Å²) in [5.41, 5.74) is 8.55. The molecule has 0 radical (unpaired) electrons. The molecule has 0 aromatic heterocycles. The molecular weight excluding hydrogens is 425 g/mol. The third-order valence-corrected chi connectivity index (χ3v) is 5.53. The van der Waals surface area contributed by atoms with Crippen LogP contribution in [0, 0.1) is 5.82 Å². The van der Waals surface area contributed by atoms with E-state index in [1.54, 1.807) is 49.5 Å². The molecule has 0 spiro atoms. The third-order valence-electron chi connectivity index (χ3n) is 5.53. The number of fused-ring (bicyclic) bond motifs is 1. The molecule has 1 aliphatic heterocycles. The Kier molecular flexibility index (Phi) is 6.08. The number of rotatable bonds is 6. The quantitative estimate of drug-likeness (QED) is 0.540. The zero-order valence-electron chi connectivity index (χ0n) is 17.8. The zero-order valence-corrected chi connectivity index (χ0v) is 17.8. The van der Waals surface area contributed by atoms with Gasteiger partial charge >= 0.3 is 0 Å². The van der Waals surface area contributed by atoms with Crippen molar-refractivity contribution in [3.05, 3.63) is 89.2 Å². The van der Waals surface area contributed by atoms with Crippen LogP contribution in [-0.4, -0.2) is 31.3 Å². The number of hydrogen-bond acceptors (Lipinski definition) is 4. The Morgan fingerprint density at radius 2 is 1.64 bits per heavy atom. The first-order valence-corrected chi connectivity index (χ1v) is 10.3. The highest BCUT2D eigenvalue weighted by atomic mass is 19.1. The third kappa shape index (κ3) is 4.55. The number of benzene rings is 3. The standard InChI is InChI=1S/C25H22FN3O4/c1-28-25(32)22-19-12-17(14-2-4-16(5-3-14)24(31)29-13-21(27)30)8-11-20(19)33-23(22)15-6-9-18(26)10-7-15/h2-12,22-23H,13H2,1H3,(H2,27,30)(H,28,32)(H,29,31). The summed E-state index contributed by atoms with van der Waals surface area (Å²) < 4.78 is 19.5. The molecule has 0 aliphatic carbocycles. The Labute approximate surface area is 189 Å². The van der Waals surface area contributed by atoms with Crippen molar-refractivity contribution in [3.63, 3.8) is 0 Å². The second-order valence-corrected chi connectivity index (χ2v) is 7.66. The molecular formula is C25H22FN3O4. The summed E-state index contributed by atoms with van der Waals surface area (Å²) in [6.45, 7) is -0.235. The van der Waals surface area contributed by atoms with Gasteiger partial charge in [0, 0.05) is 18.2 Å². The summed E-state index contributed by atoms with van der Waals surface area (Å²) in [5, 5.41) is 5.13. The SMILES string of the molecule is CNC(=O)C1c2cc(-c3ccc(C(=O)NCC(N)=O)cc3)ccc2OC1c1ccc(F)cc1. The molecule has 3 aromatic rings. The average molecular weight is 447 g/mol. The second-order valence-electron chi connectivity index (χ2n) is 7.66. The highest BCUT2D eigenvalue weighted by Crippen LogP contribution is 2.47. The van der Waals surface area contributed by atoms with E-state index in [0.717, 1.165) is 16.7 Å². The number of carbonyl (C=O) groups excluding carboxylic acids is 3. The number of primary amides is 1. The minimum absolute atomic E-state index is 0.207. The summed E-state index contributed by atoms with van der Waals surface area (Å²) in [6, 6.07) is 18.3. The maximum Gasteiger partial charge on any atom is 0.251 e. The van der Waals surface area contributed by atoms with E-state index in [9.17, 15) is 18.8 Å². The maximum atomic E-state index is 13.4. The molecule has 33 heavy (non-hydrogen) atoms. The first kappa shape index (κ1) is 22.0. The van der Waals surface area contributed by atoms with Crippen LogP contribution in [0.15, 0.2) is 66.7 Å². The van der Waals surface area contributed by atoms with Gasteiger partial charge < -0.3 is 21.1 Å². The minimum Gasteiger partial charge on any atom is -0.484 e. The fourth-order valence-corrected chi connectivity index (χ4v) is 3.88. The van der Waals surface area contributed by atoms with E-state index in [0.29, 0.717) is 16.9 Å². The Balaban J connectivity index is 1.62. The first-order valence-electron chi connectivity index (χ1n) is 10.3. The van der Waals surface area contributed by atoms with E-state index in [-0.39, 0.29) is 18.3 Å². The van der Waals surface area contributed by atoms with Crippen LogP contribution >= 0.6 is 0 Å². The fraction of sp³-hybridized carbons (Fsp3) is 0.160. The predicted octanol–water partition coefficient (Wildman–Crippen LogP) is 2.67. The van der Waals surface area contributed by atoms with Gasteiger partial charge in [-0.2, -0.15) is 0 Å². The molecule has 4 rings (SSSR count). The van der Waals surface area contributed by atoms with Crippen molar-refractivity contribution in [2.75, 3.05) is 13.6 Å².